The van der Waals surface area contributed by atoms with Crippen molar-refractivity contribution >= 4 is 0 Å². The first kappa shape index (κ1) is 16.3. The molecule has 0 aromatic carbocycles. The van der Waals surface area contributed by atoms with Crippen molar-refractivity contribution in [2.45, 2.75) is 64.0 Å². The summed E-state index contributed by atoms with van der Waals surface area (Å²) in [4.78, 5) is 2.68. The van der Waals surface area contributed by atoms with E-state index in [-0.39, 0.29) is 0 Å². The molecule has 2 fully saturated rings. The van der Waals surface area contributed by atoms with E-state index in [4.69, 9.17) is 4.74 Å². The average molecular weight is 282 g/mol. The number of nitrogens with zero attached hydrogens (tertiary/aromatic N) is 1. The lowest BCUT2D eigenvalue weighted by atomic mass is 9.76. The molecular formula is C17H34N2O. The Morgan fingerprint density at radius 2 is 1.90 bits per heavy atom. The van der Waals surface area contributed by atoms with Crippen LogP contribution in [0.1, 0.15) is 51.9 Å². The van der Waals surface area contributed by atoms with Crippen LogP contribution < -0.4 is 5.32 Å². The number of likely N-dealkylation sites (tertiary alicyclic amines) is 1. The first-order valence-electron chi connectivity index (χ1n) is 8.69. The standard InChI is InChI=1S/C17H34N2O/c1-4-5-14-6-7-17(18-2)15(12-14)13-19-10-8-16(20-3)9-11-19/h14-18H,4-13H2,1-3H3. The molecule has 0 aromatic rings. The lowest BCUT2D eigenvalue weighted by Crippen LogP contribution is -2.47. The van der Waals surface area contributed by atoms with E-state index in [9.17, 15) is 0 Å². The molecule has 3 unspecified atom stereocenters. The molecule has 0 bridgehead atoms. The Balaban J connectivity index is 1.81. The fourth-order valence-electron chi connectivity index (χ4n) is 4.27. The van der Waals surface area contributed by atoms with E-state index in [2.05, 4.69) is 24.2 Å². The summed E-state index contributed by atoms with van der Waals surface area (Å²) in [6, 6.07) is 0.739. The number of methoxy groups -OCH3 is 1. The van der Waals surface area contributed by atoms with Crippen LogP contribution in [0.25, 0.3) is 0 Å². The van der Waals surface area contributed by atoms with Gasteiger partial charge in [0, 0.05) is 32.8 Å². The highest BCUT2D eigenvalue weighted by Gasteiger charge is 2.31. The van der Waals surface area contributed by atoms with E-state index >= 15 is 0 Å². The van der Waals surface area contributed by atoms with Gasteiger partial charge in [0.15, 0.2) is 0 Å². The van der Waals surface area contributed by atoms with Gasteiger partial charge in [0.2, 0.25) is 0 Å². The van der Waals surface area contributed by atoms with Crippen LogP contribution in [0.15, 0.2) is 0 Å². The summed E-state index contributed by atoms with van der Waals surface area (Å²) in [7, 11) is 4.00. The Bertz CT molecular complexity index is 264. The molecule has 1 aliphatic carbocycles. The lowest BCUT2D eigenvalue weighted by molar-refractivity contribution is 0.0299. The number of ether oxygens (including phenoxy) is 1. The van der Waals surface area contributed by atoms with Gasteiger partial charge in [-0.1, -0.05) is 19.8 Å². The predicted octanol–water partition coefficient (Wildman–Crippen LogP) is 2.90. The maximum atomic E-state index is 5.48. The van der Waals surface area contributed by atoms with Crippen LogP contribution in [0.5, 0.6) is 0 Å². The second kappa shape index (κ2) is 8.35. The van der Waals surface area contributed by atoms with Crippen LogP contribution in [0.3, 0.4) is 0 Å². The van der Waals surface area contributed by atoms with Crippen LogP contribution >= 0.6 is 0 Å². The molecule has 1 saturated heterocycles. The van der Waals surface area contributed by atoms with Gasteiger partial charge in [-0.05, 0) is 51.0 Å². The quantitative estimate of drug-likeness (QED) is 0.811. The zero-order valence-electron chi connectivity index (χ0n) is 13.7. The third-order valence-electron chi connectivity index (χ3n) is 5.52. The highest BCUT2D eigenvalue weighted by molar-refractivity contribution is 4.87. The molecule has 3 nitrogen and oxygen atoms in total. The van der Waals surface area contributed by atoms with Crippen molar-refractivity contribution in [1.29, 1.82) is 0 Å². The van der Waals surface area contributed by atoms with E-state index in [0.717, 1.165) is 17.9 Å². The Morgan fingerprint density at radius 3 is 2.50 bits per heavy atom. The third-order valence-corrected chi connectivity index (χ3v) is 5.52. The minimum Gasteiger partial charge on any atom is -0.381 e. The molecule has 0 aromatic heterocycles. The molecule has 2 rings (SSSR count). The highest BCUT2D eigenvalue weighted by atomic mass is 16.5. The molecule has 0 radical (unpaired) electrons. The summed E-state index contributed by atoms with van der Waals surface area (Å²) in [5.41, 5.74) is 0. The molecule has 1 heterocycles. The topological polar surface area (TPSA) is 24.5 Å². The van der Waals surface area contributed by atoms with Crippen molar-refractivity contribution in [2.24, 2.45) is 11.8 Å². The molecule has 20 heavy (non-hydrogen) atoms. The Labute approximate surface area is 125 Å². The second-order valence-corrected chi connectivity index (χ2v) is 6.86. The zero-order valence-corrected chi connectivity index (χ0v) is 13.7. The minimum absolute atomic E-state index is 0.505. The summed E-state index contributed by atoms with van der Waals surface area (Å²) in [6.45, 7) is 6.07. The molecule has 2 aliphatic rings. The highest BCUT2D eigenvalue weighted by Crippen LogP contribution is 2.33. The SMILES string of the molecule is CCCC1CCC(NC)C(CN2CCC(OC)CC2)C1. The normalized spacial score (nSPS) is 33.5. The Hall–Kier alpha value is -0.120. The molecular weight excluding hydrogens is 248 g/mol. The number of hydrogen-bond acceptors (Lipinski definition) is 3. The first-order valence-corrected chi connectivity index (χ1v) is 8.69. The second-order valence-electron chi connectivity index (χ2n) is 6.86. The molecule has 1 aliphatic heterocycles. The van der Waals surface area contributed by atoms with E-state index in [0.29, 0.717) is 6.10 Å². The van der Waals surface area contributed by atoms with Crippen molar-refractivity contribution in [3.05, 3.63) is 0 Å². The van der Waals surface area contributed by atoms with E-state index < -0.39 is 0 Å². The van der Waals surface area contributed by atoms with E-state index in [1.165, 1.54) is 64.6 Å². The fourth-order valence-corrected chi connectivity index (χ4v) is 4.27. The van der Waals surface area contributed by atoms with Crippen LogP contribution in [-0.2, 0) is 4.74 Å². The first-order chi connectivity index (χ1) is 9.76. The monoisotopic (exact) mass is 282 g/mol. The summed E-state index contributed by atoms with van der Waals surface area (Å²) in [5, 5.41) is 3.57. The number of nitrogens with one attached hydrogen (secondary N) is 1. The molecule has 0 amide bonds. The molecule has 0 spiro atoms. The minimum atomic E-state index is 0.505. The summed E-state index contributed by atoms with van der Waals surface area (Å²) in [5.74, 6) is 1.83. The average Bonchev–Trinajstić information content (AvgIpc) is 2.49. The summed E-state index contributed by atoms with van der Waals surface area (Å²) in [6.07, 6.45) is 9.95. The van der Waals surface area contributed by atoms with Crippen molar-refractivity contribution in [3.63, 3.8) is 0 Å². The number of hydrogen-bond donors (Lipinski definition) is 1. The number of rotatable bonds is 6. The van der Waals surface area contributed by atoms with Gasteiger partial charge < -0.3 is 15.0 Å². The lowest BCUT2D eigenvalue weighted by Gasteiger charge is -2.40. The van der Waals surface area contributed by atoms with Gasteiger partial charge in [0.1, 0.15) is 0 Å². The molecule has 1 N–H and O–H groups in total. The molecule has 1 saturated carbocycles. The predicted molar refractivity (Wildman–Crippen MR) is 85.1 cm³/mol. The largest absolute Gasteiger partial charge is 0.381 e. The third kappa shape index (κ3) is 4.44. The van der Waals surface area contributed by atoms with Gasteiger partial charge in [-0.15, -0.1) is 0 Å². The number of piperidine rings is 1. The van der Waals surface area contributed by atoms with Crippen LogP contribution in [0.2, 0.25) is 0 Å². The maximum absolute atomic E-state index is 5.48. The van der Waals surface area contributed by atoms with E-state index in [1.807, 2.05) is 7.11 Å². The van der Waals surface area contributed by atoms with Crippen molar-refractivity contribution in [2.75, 3.05) is 33.8 Å². The molecule has 118 valence electrons. The molecule has 3 atom stereocenters. The summed E-state index contributed by atoms with van der Waals surface area (Å²) < 4.78 is 5.48. The van der Waals surface area contributed by atoms with Gasteiger partial charge in [0.25, 0.3) is 0 Å². The van der Waals surface area contributed by atoms with Gasteiger partial charge in [-0.3, -0.25) is 0 Å². The van der Waals surface area contributed by atoms with Crippen LogP contribution in [0, 0.1) is 11.8 Å². The van der Waals surface area contributed by atoms with E-state index in [1.54, 1.807) is 0 Å². The van der Waals surface area contributed by atoms with Crippen molar-refractivity contribution < 1.29 is 4.74 Å². The Morgan fingerprint density at radius 1 is 1.15 bits per heavy atom. The zero-order chi connectivity index (χ0) is 14.4. The van der Waals surface area contributed by atoms with Crippen molar-refractivity contribution in [1.82, 2.24) is 10.2 Å². The fraction of sp³-hybridized carbons (Fsp3) is 1.00. The van der Waals surface area contributed by atoms with Gasteiger partial charge in [-0.25, -0.2) is 0 Å². The smallest absolute Gasteiger partial charge is 0.0595 e. The van der Waals surface area contributed by atoms with Gasteiger partial charge >= 0.3 is 0 Å². The van der Waals surface area contributed by atoms with Crippen LogP contribution in [-0.4, -0.2) is 50.8 Å². The summed E-state index contributed by atoms with van der Waals surface area (Å²) >= 11 is 0. The van der Waals surface area contributed by atoms with Crippen molar-refractivity contribution in [3.8, 4) is 0 Å². The van der Waals surface area contributed by atoms with Gasteiger partial charge in [-0.2, -0.15) is 0 Å². The Kier molecular flexibility index (Phi) is 6.79. The maximum Gasteiger partial charge on any atom is 0.0595 e. The molecule has 3 heteroatoms. The van der Waals surface area contributed by atoms with Crippen LogP contribution in [0.4, 0.5) is 0 Å². The van der Waals surface area contributed by atoms with Gasteiger partial charge in [0.05, 0.1) is 6.10 Å².